The van der Waals surface area contributed by atoms with E-state index in [1.54, 1.807) is 48.7 Å². The van der Waals surface area contributed by atoms with E-state index >= 15 is 0 Å². The molecule has 0 fully saturated rings. The van der Waals surface area contributed by atoms with Crippen molar-refractivity contribution >= 4 is 34.3 Å². The van der Waals surface area contributed by atoms with Gasteiger partial charge in [0, 0.05) is 35.6 Å². The van der Waals surface area contributed by atoms with Crippen LogP contribution in [0.25, 0.3) is 10.9 Å². The Morgan fingerprint density at radius 1 is 0.943 bits per heavy atom. The predicted octanol–water partition coefficient (Wildman–Crippen LogP) is 5.08. The third-order valence-corrected chi connectivity index (χ3v) is 5.81. The van der Waals surface area contributed by atoms with E-state index in [2.05, 4.69) is 20.4 Å². The minimum Gasteiger partial charge on any atom is -0.434 e. The standard InChI is InChI=1S/C26H22ClF2N3O3/c27-20-10-4-2-9-19(20)24(33)32-22(13-17-15-30-21-11-5-3-8-18(17)21)25(34)31-14-16-7-1-6-12-23(16)35-26(28)29/h1-12,15,22,26,30H,13-14H2,(H,31,34)(H,32,33). The number of nitrogens with one attached hydrogen (secondary N) is 3. The Morgan fingerprint density at radius 3 is 2.46 bits per heavy atom. The summed E-state index contributed by atoms with van der Waals surface area (Å²) < 4.78 is 30.0. The Labute approximate surface area is 205 Å². The third kappa shape index (κ3) is 5.96. The van der Waals surface area contributed by atoms with Crippen molar-refractivity contribution in [3.63, 3.8) is 0 Å². The average Bonchev–Trinajstić information content (AvgIpc) is 3.25. The summed E-state index contributed by atoms with van der Waals surface area (Å²) in [5.74, 6) is -1.02. The van der Waals surface area contributed by atoms with Gasteiger partial charge in [-0.1, -0.05) is 60.1 Å². The van der Waals surface area contributed by atoms with Crippen LogP contribution in [-0.2, 0) is 17.8 Å². The third-order valence-electron chi connectivity index (χ3n) is 5.48. The van der Waals surface area contributed by atoms with Crippen molar-refractivity contribution in [1.29, 1.82) is 0 Å². The highest BCUT2D eigenvalue weighted by Crippen LogP contribution is 2.22. The lowest BCUT2D eigenvalue weighted by Crippen LogP contribution is -2.47. The number of aromatic amines is 1. The van der Waals surface area contributed by atoms with Gasteiger partial charge in [-0.15, -0.1) is 0 Å². The number of hydrogen-bond acceptors (Lipinski definition) is 3. The molecule has 1 heterocycles. The molecule has 0 aliphatic rings. The van der Waals surface area contributed by atoms with E-state index in [1.165, 1.54) is 6.07 Å². The quantitative estimate of drug-likeness (QED) is 0.301. The molecule has 180 valence electrons. The summed E-state index contributed by atoms with van der Waals surface area (Å²) in [5.41, 5.74) is 2.35. The Bertz CT molecular complexity index is 1340. The van der Waals surface area contributed by atoms with E-state index < -0.39 is 24.5 Å². The molecule has 2 amide bonds. The predicted molar refractivity (Wildman–Crippen MR) is 130 cm³/mol. The van der Waals surface area contributed by atoms with Gasteiger partial charge in [-0.05, 0) is 29.8 Å². The van der Waals surface area contributed by atoms with Crippen LogP contribution in [-0.4, -0.2) is 29.5 Å². The molecule has 1 aromatic heterocycles. The maximum absolute atomic E-state index is 13.2. The van der Waals surface area contributed by atoms with Gasteiger partial charge < -0.3 is 20.4 Å². The van der Waals surface area contributed by atoms with Crippen molar-refractivity contribution in [2.75, 3.05) is 0 Å². The highest BCUT2D eigenvalue weighted by atomic mass is 35.5. The van der Waals surface area contributed by atoms with Crippen molar-refractivity contribution in [3.05, 3.63) is 101 Å². The second-order valence-corrected chi connectivity index (χ2v) is 8.18. The minimum absolute atomic E-state index is 0.0314. The zero-order valence-corrected chi connectivity index (χ0v) is 19.2. The Kier molecular flexibility index (Phi) is 7.62. The maximum Gasteiger partial charge on any atom is 0.387 e. The minimum atomic E-state index is -2.99. The number of alkyl halides is 2. The van der Waals surface area contributed by atoms with Gasteiger partial charge in [-0.2, -0.15) is 8.78 Å². The SMILES string of the molecule is O=C(NC(Cc1c[nH]c2ccccc12)C(=O)NCc1ccccc1OC(F)F)c1ccccc1Cl. The number of rotatable bonds is 9. The number of H-pyrrole nitrogens is 1. The van der Waals surface area contributed by atoms with Gasteiger partial charge in [0.15, 0.2) is 0 Å². The van der Waals surface area contributed by atoms with Crippen molar-refractivity contribution < 1.29 is 23.1 Å². The van der Waals surface area contributed by atoms with Crippen molar-refractivity contribution in [2.45, 2.75) is 25.6 Å². The number of hydrogen-bond donors (Lipinski definition) is 3. The Hall–Kier alpha value is -3.91. The monoisotopic (exact) mass is 497 g/mol. The zero-order valence-electron chi connectivity index (χ0n) is 18.4. The first kappa shape index (κ1) is 24.2. The molecule has 4 rings (SSSR count). The fourth-order valence-corrected chi connectivity index (χ4v) is 4.00. The summed E-state index contributed by atoms with van der Waals surface area (Å²) >= 11 is 6.16. The highest BCUT2D eigenvalue weighted by Gasteiger charge is 2.24. The first-order chi connectivity index (χ1) is 16.9. The van der Waals surface area contributed by atoms with Gasteiger partial charge in [0.2, 0.25) is 5.91 Å². The molecule has 3 aromatic carbocycles. The summed E-state index contributed by atoms with van der Waals surface area (Å²) in [6, 6.07) is 19.4. The lowest BCUT2D eigenvalue weighted by Gasteiger charge is -2.19. The summed E-state index contributed by atoms with van der Waals surface area (Å²) in [5, 5.41) is 6.67. The fraction of sp³-hybridized carbons (Fsp3) is 0.154. The maximum atomic E-state index is 13.2. The molecule has 0 spiro atoms. The fourth-order valence-electron chi connectivity index (χ4n) is 3.78. The molecule has 0 saturated heterocycles. The van der Waals surface area contributed by atoms with Crippen molar-refractivity contribution in [2.24, 2.45) is 0 Å². The zero-order chi connectivity index (χ0) is 24.8. The molecule has 1 atom stereocenters. The number of aromatic nitrogens is 1. The molecule has 6 nitrogen and oxygen atoms in total. The molecule has 0 aliphatic carbocycles. The van der Waals surface area contributed by atoms with E-state index in [9.17, 15) is 18.4 Å². The van der Waals surface area contributed by atoms with Crippen LogP contribution in [0.2, 0.25) is 5.02 Å². The van der Waals surface area contributed by atoms with Gasteiger partial charge in [-0.3, -0.25) is 9.59 Å². The second kappa shape index (κ2) is 11.0. The van der Waals surface area contributed by atoms with Gasteiger partial charge in [0.05, 0.1) is 10.6 Å². The Balaban J connectivity index is 1.55. The van der Waals surface area contributed by atoms with Crippen LogP contribution in [0.4, 0.5) is 8.78 Å². The van der Waals surface area contributed by atoms with Crippen LogP contribution in [0.15, 0.2) is 79.0 Å². The van der Waals surface area contributed by atoms with E-state index in [4.69, 9.17) is 11.6 Å². The lowest BCUT2D eigenvalue weighted by molar-refractivity contribution is -0.123. The summed E-state index contributed by atoms with van der Waals surface area (Å²) in [6.45, 7) is -3.05. The van der Waals surface area contributed by atoms with Gasteiger partial charge >= 0.3 is 6.61 Å². The van der Waals surface area contributed by atoms with Crippen molar-refractivity contribution in [1.82, 2.24) is 15.6 Å². The number of ether oxygens (including phenoxy) is 1. The lowest BCUT2D eigenvalue weighted by atomic mass is 10.0. The molecule has 4 aromatic rings. The number of carbonyl (C=O) groups is 2. The summed E-state index contributed by atoms with van der Waals surface area (Å²) in [7, 11) is 0. The molecular weight excluding hydrogens is 476 g/mol. The smallest absolute Gasteiger partial charge is 0.387 e. The van der Waals surface area contributed by atoms with Gasteiger partial charge in [0.25, 0.3) is 5.91 Å². The number of amides is 2. The molecule has 1 unspecified atom stereocenters. The van der Waals surface area contributed by atoms with E-state index in [0.717, 1.165) is 16.5 Å². The van der Waals surface area contributed by atoms with Crippen LogP contribution >= 0.6 is 11.6 Å². The normalized spacial score (nSPS) is 11.9. The van der Waals surface area contributed by atoms with E-state index in [0.29, 0.717) is 5.56 Å². The van der Waals surface area contributed by atoms with Crippen LogP contribution in [0, 0.1) is 0 Å². The molecule has 0 saturated carbocycles. The summed E-state index contributed by atoms with van der Waals surface area (Å²) in [6.07, 6.45) is 1.99. The van der Waals surface area contributed by atoms with Gasteiger partial charge in [0.1, 0.15) is 11.8 Å². The molecular formula is C26H22ClF2N3O3. The molecule has 0 bridgehead atoms. The molecule has 0 radical (unpaired) electrons. The van der Waals surface area contributed by atoms with Gasteiger partial charge in [-0.25, -0.2) is 0 Å². The van der Waals surface area contributed by atoms with Crippen molar-refractivity contribution in [3.8, 4) is 5.75 Å². The largest absolute Gasteiger partial charge is 0.434 e. The molecule has 0 aliphatic heterocycles. The Morgan fingerprint density at radius 2 is 1.66 bits per heavy atom. The first-order valence-electron chi connectivity index (χ1n) is 10.8. The molecule has 3 N–H and O–H groups in total. The average molecular weight is 498 g/mol. The molecule has 9 heteroatoms. The topological polar surface area (TPSA) is 83.2 Å². The van der Waals surface area contributed by atoms with E-state index in [-0.39, 0.29) is 29.3 Å². The number of carbonyl (C=O) groups excluding carboxylic acids is 2. The highest BCUT2D eigenvalue weighted by molar-refractivity contribution is 6.33. The van der Waals surface area contributed by atoms with Crippen LogP contribution in [0.1, 0.15) is 21.5 Å². The van der Waals surface area contributed by atoms with Crippen LogP contribution in [0.3, 0.4) is 0 Å². The second-order valence-electron chi connectivity index (χ2n) is 7.77. The van der Waals surface area contributed by atoms with Crippen LogP contribution < -0.4 is 15.4 Å². The first-order valence-corrected chi connectivity index (χ1v) is 11.2. The molecule has 35 heavy (non-hydrogen) atoms. The van der Waals surface area contributed by atoms with E-state index in [1.807, 2.05) is 24.3 Å². The number of halogens is 3. The number of fused-ring (bicyclic) bond motifs is 1. The number of benzene rings is 3. The van der Waals surface area contributed by atoms with Crippen LogP contribution in [0.5, 0.6) is 5.75 Å². The summed E-state index contributed by atoms with van der Waals surface area (Å²) in [4.78, 5) is 29.3. The number of para-hydroxylation sites is 2.